The Morgan fingerprint density at radius 2 is 1.23 bits per heavy atom. The van der Waals surface area contributed by atoms with Gasteiger partial charge in [0.2, 0.25) is 17.7 Å². The average Bonchev–Trinajstić information content (AvgIpc) is 2.73. The molecule has 0 fully saturated rings. The van der Waals surface area contributed by atoms with E-state index in [0.29, 0.717) is 26.4 Å². The summed E-state index contributed by atoms with van der Waals surface area (Å²) < 4.78 is 25.2. The Labute approximate surface area is 181 Å². The Morgan fingerprint density at radius 3 is 1.87 bits per heavy atom. The van der Waals surface area contributed by atoms with Crippen molar-refractivity contribution in [1.82, 2.24) is 21.3 Å². The fraction of sp³-hybridized carbons (Fsp3) is 0.778. The highest BCUT2D eigenvalue weighted by Gasteiger charge is 2.04. The number of carbonyl (C=O) groups is 4. The molecule has 0 spiro atoms. The van der Waals surface area contributed by atoms with Gasteiger partial charge in [-0.25, -0.2) is 4.79 Å². The molecule has 0 unspecified atom stereocenters. The van der Waals surface area contributed by atoms with Crippen molar-refractivity contribution in [3.8, 4) is 0 Å². The smallest absolute Gasteiger partial charge is 0.407 e. The summed E-state index contributed by atoms with van der Waals surface area (Å²) in [5.41, 5.74) is 0. The van der Waals surface area contributed by atoms with Crippen molar-refractivity contribution in [2.45, 2.75) is 6.92 Å². The maximum Gasteiger partial charge on any atom is 0.407 e. The molecule has 0 atom stereocenters. The van der Waals surface area contributed by atoms with Crippen molar-refractivity contribution in [2.75, 3.05) is 86.1 Å². The molecule has 0 radical (unpaired) electrons. The first-order chi connectivity index (χ1) is 15.0. The number of amides is 4. The summed E-state index contributed by atoms with van der Waals surface area (Å²) in [4.78, 5) is 44.9. The van der Waals surface area contributed by atoms with Crippen LogP contribution in [0.3, 0.4) is 0 Å². The third-order valence-electron chi connectivity index (χ3n) is 3.28. The monoisotopic (exact) mass is 450 g/mol. The van der Waals surface area contributed by atoms with Crippen molar-refractivity contribution >= 4 is 23.8 Å². The third-order valence-corrected chi connectivity index (χ3v) is 3.28. The molecule has 0 saturated carbocycles. The minimum absolute atomic E-state index is 0.0430. The summed E-state index contributed by atoms with van der Waals surface area (Å²) in [5.74, 6) is -0.878. The Bertz CT molecular complexity index is 520. The molecule has 31 heavy (non-hydrogen) atoms. The Hall–Kier alpha value is -2.48. The number of methoxy groups -OCH3 is 1. The molecule has 0 aliphatic rings. The molecule has 4 amide bonds. The van der Waals surface area contributed by atoms with Crippen LogP contribution in [0.25, 0.3) is 0 Å². The van der Waals surface area contributed by atoms with Crippen LogP contribution in [0.4, 0.5) is 4.79 Å². The van der Waals surface area contributed by atoms with Gasteiger partial charge >= 0.3 is 6.09 Å². The highest BCUT2D eigenvalue weighted by Crippen LogP contribution is 1.82. The van der Waals surface area contributed by atoms with E-state index >= 15 is 0 Å². The molecule has 4 N–H and O–H groups in total. The summed E-state index contributed by atoms with van der Waals surface area (Å²) in [6.45, 7) is 3.92. The fourth-order valence-corrected chi connectivity index (χ4v) is 1.82. The van der Waals surface area contributed by atoms with Crippen molar-refractivity contribution in [3.05, 3.63) is 0 Å². The predicted molar refractivity (Wildman–Crippen MR) is 108 cm³/mol. The first-order valence-electron chi connectivity index (χ1n) is 9.86. The van der Waals surface area contributed by atoms with Gasteiger partial charge in [0.05, 0.1) is 46.2 Å². The van der Waals surface area contributed by atoms with Gasteiger partial charge in [-0.05, 0) is 0 Å². The van der Waals surface area contributed by atoms with Gasteiger partial charge in [0, 0.05) is 33.7 Å². The first kappa shape index (κ1) is 28.5. The summed E-state index contributed by atoms with van der Waals surface area (Å²) in [5, 5.41) is 10.0. The lowest BCUT2D eigenvalue weighted by Gasteiger charge is -2.09. The normalized spacial score (nSPS) is 10.3. The highest BCUT2D eigenvalue weighted by molar-refractivity contribution is 5.83. The summed E-state index contributed by atoms with van der Waals surface area (Å²) in [7, 11) is 1.58. The molecule has 0 aromatic heterocycles. The molecule has 0 saturated heterocycles. The van der Waals surface area contributed by atoms with Gasteiger partial charge in [-0.15, -0.1) is 0 Å². The number of nitrogens with one attached hydrogen (secondary N) is 4. The van der Waals surface area contributed by atoms with Crippen LogP contribution >= 0.6 is 0 Å². The number of alkyl carbamates (subject to hydrolysis) is 1. The summed E-state index contributed by atoms with van der Waals surface area (Å²) in [6.07, 6.45) is -0.631. The molecule has 13 nitrogen and oxygen atoms in total. The summed E-state index contributed by atoms with van der Waals surface area (Å²) >= 11 is 0. The minimum Gasteiger partial charge on any atom is -0.447 e. The number of rotatable bonds is 19. The number of hydrogen-bond acceptors (Lipinski definition) is 9. The Balaban J connectivity index is 3.38. The van der Waals surface area contributed by atoms with E-state index < -0.39 is 6.09 Å². The second kappa shape index (κ2) is 20.8. The van der Waals surface area contributed by atoms with Crippen LogP contribution in [0.1, 0.15) is 6.92 Å². The van der Waals surface area contributed by atoms with Crippen LogP contribution in [-0.4, -0.2) is 110 Å². The topological polar surface area (TPSA) is 163 Å². The predicted octanol–water partition coefficient (Wildman–Crippen LogP) is -2.22. The second-order valence-corrected chi connectivity index (χ2v) is 5.94. The van der Waals surface area contributed by atoms with E-state index in [1.165, 1.54) is 6.92 Å². The van der Waals surface area contributed by atoms with Gasteiger partial charge in [-0.1, -0.05) is 0 Å². The quantitative estimate of drug-likeness (QED) is 0.160. The lowest BCUT2D eigenvalue weighted by atomic mass is 10.5. The fourth-order valence-electron chi connectivity index (χ4n) is 1.82. The number of carbonyl (C=O) groups excluding carboxylic acids is 4. The molecular weight excluding hydrogens is 416 g/mol. The number of hydrogen-bond donors (Lipinski definition) is 4. The molecule has 0 aromatic carbocycles. The van der Waals surface area contributed by atoms with Gasteiger partial charge in [0.15, 0.2) is 0 Å². The standard InChI is InChI=1S/C18H34N4O9/c1-15(23)22-13-16(24)19-3-6-29-11-12-31-18(26)21-5-8-30-14-17(25)20-4-7-28-10-9-27-2/h3-14H2,1-2H3,(H,19,24)(H,20,25)(H,21,26)(H,22,23). The molecule has 0 aromatic rings. The van der Waals surface area contributed by atoms with Crippen molar-refractivity contribution in [3.63, 3.8) is 0 Å². The molecule has 0 bridgehead atoms. The zero-order valence-corrected chi connectivity index (χ0v) is 18.2. The maximum absolute atomic E-state index is 11.5. The third kappa shape index (κ3) is 22.0. The largest absolute Gasteiger partial charge is 0.447 e. The summed E-state index contributed by atoms with van der Waals surface area (Å²) in [6, 6.07) is 0. The van der Waals surface area contributed by atoms with Gasteiger partial charge in [0.1, 0.15) is 13.2 Å². The average molecular weight is 450 g/mol. The SMILES string of the molecule is COCCOCCNC(=O)COCCNC(=O)OCCOCCNC(=O)CNC(C)=O. The number of ether oxygens (including phenoxy) is 5. The van der Waals surface area contributed by atoms with Crippen molar-refractivity contribution in [2.24, 2.45) is 0 Å². The van der Waals surface area contributed by atoms with Crippen LogP contribution in [0, 0.1) is 0 Å². The van der Waals surface area contributed by atoms with Crippen molar-refractivity contribution < 1.29 is 42.9 Å². The van der Waals surface area contributed by atoms with Crippen molar-refractivity contribution in [1.29, 1.82) is 0 Å². The van der Waals surface area contributed by atoms with E-state index in [2.05, 4.69) is 21.3 Å². The van der Waals surface area contributed by atoms with Crippen LogP contribution in [0.2, 0.25) is 0 Å². The molecule has 13 heteroatoms. The van der Waals surface area contributed by atoms with Gasteiger partial charge in [-0.2, -0.15) is 0 Å². The van der Waals surface area contributed by atoms with Gasteiger partial charge in [0.25, 0.3) is 0 Å². The van der Waals surface area contributed by atoms with E-state index in [0.717, 1.165) is 0 Å². The molecular formula is C18H34N4O9. The van der Waals surface area contributed by atoms with E-state index in [1.807, 2.05) is 0 Å². The lowest BCUT2D eigenvalue weighted by molar-refractivity contribution is -0.125. The minimum atomic E-state index is -0.631. The lowest BCUT2D eigenvalue weighted by Crippen LogP contribution is -2.37. The molecule has 0 aliphatic carbocycles. The van der Waals surface area contributed by atoms with Crippen LogP contribution in [0.15, 0.2) is 0 Å². The van der Waals surface area contributed by atoms with Gasteiger partial charge < -0.3 is 45.0 Å². The maximum atomic E-state index is 11.5. The Morgan fingerprint density at radius 1 is 0.645 bits per heavy atom. The molecule has 0 rings (SSSR count). The van der Waals surface area contributed by atoms with Crippen LogP contribution < -0.4 is 21.3 Å². The van der Waals surface area contributed by atoms with E-state index in [4.69, 9.17) is 23.7 Å². The zero-order chi connectivity index (χ0) is 23.2. The van der Waals surface area contributed by atoms with E-state index in [-0.39, 0.29) is 70.4 Å². The van der Waals surface area contributed by atoms with E-state index in [9.17, 15) is 19.2 Å². The van der Waals surface area contributed by atoms with Gasteiger partial charge in [-0.3, -0.25) is 14.4 Å². The highest BCUT2D eigenvalue weighted by atomic mass is 16.6. The van der Waals surface area contributed by atoms with Crippen LogP contribution in [-0.2, 0) is 38.1 Å². The second-order valence-electron chi connectivity index (χ2n) is 5.94. The first-order valence-corrected chi connectivity index (χ1v) is 9.86. The zero-order valence-electron chi connectivity index (χ0n) is 18.2. The molecule has 0 heterocycles. The molecule has 0 aliphatic heterocycles. The molecule has 180 valence electrons. The van der Waals surface area contributed by atoms with Crippen LogP contribution in [0.5, 0.6) is 0 Å². The Kier molecular flexibility index (Phi) is 19.1. The van der Waals surface area contributed by atoms with E-state index in [1.54, 1.807) is 7.11 Å².